The number of hydrogen-bond donors (Lipinski definition) is 1. The maximum absolute atomic E-state index is 13.4. The Morgan fingerprint density at radius 1 is 1.15 bits per heavy atom. The molecule has 0 unspecified atom stereocenters. The average Bonchev–Trinajstić information content (AvgIpc) is 3.19. The first-order chi connectivity index (χ1) is 16.0. The molecule has 2 aliphatic heterocycles. The molecule has 6 rings (SSSR count). The topological polar surface area (TPSA) is 82.5 Å². The number of benzene rings is 1. The Labute approximate surface area is 205 Å². The largest absolute Gasteiger partial charge is 0.383 e. The minimum Gasteiger partial charge on any atom is -0.383 e. The van der Waals surface area contributed by atoms with Crippen molar-refractivity contribution in [2.75, 3.05) is 4.90 Å². The molecule has 0 fully saturated rings. The highest BCUT2D eigenvalue weighted by Gasteiger charge is 2.45. The van der Waals surface area contributed by atoms with Gasteiger partial charge in [-0.1, -0.05) is 29.3 Å². The Morgan fingerprint density at radius 3 is 2.76 bits per heavy atom. The van der Waals surface area contributed by atoms with Crippen LogP contribution in [0.3, 0.4) is 0 Å². The van der Waals surface area contributed by atoms with Gasteiger partial charge >= 0.3 is 0 Å². The summed E-state index contributed by atoms with van der Waals surface area (Å²) in [6.07, 6.45) is 6.29. The summed E-state index contributed by atoms with van der Waals surface area (Å²) < 4.78 is 0. The van der Waals surface area contributed by atoms with Crippen molar-refractivity contribution in [2.24, 2.45) is 10.7 Å². The number of anilines is 1. The van der Waals surface area contributed by atoms with E-state index in [0.29, 0.717) is 44.8 Å². The Bertz CT molecular complexity index is 1380. The van der Waals surface area contributed by atoms with E-state index < -0.39 is 5.92 Å². The van der Waals surface area contributed by atoms with Gasteiger partial charge in [0.15, 0.2) is 11.6 Å². The normalized spacial score (nSPS) is 21.7. The predicted octanol–water partition coefficient (Wildman–Crippen LogP) is 6.00. The second kappa shape index (κ2) is 7.73. The molecule has 1 aromatic heterocycles. The van der Waals surface area contributed by atoms with Crippen molar-refractivity contribution in [3.05, 3.63) is 72.5 Å². The molecule has 33 heavy (non-hydrogen) atoms. The summed E-state index contributed by atoms with van der Waals surface area (Å²) >= 11 is 14.5. The number of thiophene rings is 1. The van der Waals surface area contributed by atoms with Gasteiger partial charge in [0, 0.05) is 32.6 Å². The zero-order chi connectivity index (χ0) is 22.9. The minimum atomic E-state index is -0.582. The van der Waals surface area contributed by atoms with Crippen LogP contribution in [-0.2, 0) is 17.6 Å². The van der Waals surface area contributed by atoms with Crippen LogP contribution in [0.5, 0.6) is 0 Å². The van der Waals surface area contributed by atoms with E-state index in [1.165, 1.54) is 16.9 Å². The first-order valence-electron chi connectivity index (χ1n) is 11.1. The third-order valence-corrected chi connectivity index (χ3v) is 8.80. The molecule has 3 heterocycles. The molecule has 0 bridgehead atoms. The molecular weight excluding hydrogens is 475 g/mol. The van der Waals surface area contributed by atoms with E-state index >= 15 is 0 Å². The number of rotatable bonds is 1. The fourth-order valence-electron chi connectivity index (χ4n) is 5.56. The standard InChI is InChI=1S/C25H20Cl2N4OS/c26-12-8-9-13(16(27)10-12)20-15(11-28)24-30-23(29)21-14-4-1-2-7-19(14)33-25(21)31(24)17-5-3-6-18(32)22(17)20/h8-10,20H,1-7H2,(H2,29,30)/t20-/m1/s1. The van der Waals surface area contributed by atoms with Crippen molar-refractivity contribution < 1.29 is 4.79 Å². The molecule has 0 saturated heterocycles. The van der Waals surface area contributed by atoms with E-state index in [1.807, 2.05) is 0 Å². The molecule has 166 valence electrons. The molecule has 2 aliphatic carbocycles. The lowest BCUT2D eigenvalue weighted by atomic mass is 9.75. The number of nitriles is 1. The number of carbonyl (C=O) groups excluding carboxylic acids is 1. The van der Waals surface area contributed by atoms with E-state index in [-0.39, 0.29) is 5.78 Å². The SMILES string of the molecule is N#CC1=C2N=C(N)c3c(sc4c3CCCC4)N2C2=C(C(=O)CCC2)[C@@H]1c1ccc(Cl)cc1Cl. The van der Waals surface area contributed by atoms with Gasteiger partial charge in [-0.25, -0.2) is 4.99 Å². The van der Waals surface area contributed by atoms with Gasteiger partial charge in [0.2, 0.25) is 0 Å². The average molecular weight is 495 g/mol. The second-order valence-electron chi connectivity index (χ2n) is 8.81. The monoisotopic (exact) mass is 494 g/mol. The number of nitrogens with zero attached hydrogens (tertiary/aromatic N) is 3. The van der Waals surface area contributed by atoms with Crippen molar-refractivity contribution in [1.82, 2.24) is 0 Å². The molecule has 0 radical (unpaired) electrons. The zero-order valence-corrected chi connectivity index (χ0v) is 20.1. The van der Waals surface area contributed by atoms with E-state index in [9.17, 15) is 10.1 Å². The van der Waals surface area contributed by atoms with Gasteiger partial charge < -0.3 is 5.73 Å². The summed E-state index contributed by atoms with van der Waals surface area (Å²) in [6, 6.07) is 7.57. The summed E-state index contributed by atoms with van der Waals surface area (Å²) in [4.78, 5) is 21.5. The number of carbonyl (C=O) groups is 1. The maximum Gasteiger partial charge on any atom is 0.161 e. The van der Waals surface area contributed by atoms with Crippen molar-refractivity contribution in [3.63, 3.8) is 0 Å². The molecule has 0 spiro atoms. The first-order valence-corrected chi connectivity index (χ1v) is 12.7. The third kappa shape index (κ3) is 3.03. The Kier molecular flexibility index (Phi) is 4.91. The molecule has 1 aromatic carbocycles. The van der Waals surface area contributed by atoms with Crippen molar-refractivity contribution in [2.45, 2.75) is 50.9 Å². The van der Waals surface area contributed by atoms with Crippen LogP contribution in [0.4, 0.5) is 5.00 Å². The van der Waals surface area contributed by atoms with Crippen LogP contribution >= 0.6 is 34.5 Å². The van der Waals surface area contributed by atoms with Crippen molar-refractivity contribution >= 4 is 51.2 Å². The highest BCUT2D eigenvalue weighted by atomic mass is 35.5. The van der Waals surface area contributed by atoms with Gasteiger partial charge in [0.25, 0.3) is 0 Å². The lowest BCUT2D eigenvalue weighted by molar-refractivity contribution is -0.116. The summed E-state index contributed by atoms with van der Waals surface area (Å²) in [6.45, 7) is 0. The number of ketones is 1. The van der Waals surface area contributed by atoms with Crippen LogP contribution in [0, 0.1) is 11.3 Å². The number of hydrogen-bond acceptors (Lipinski definition) is 6. The van der Waals surface area contributed by atoms with E-state index in [2.05, 4.69) is 11.0 Å². The molecule has 4 aliphatic rings. The molecule has 8 heteroatoms. The van der Waals surface area contributed by atoms with Gasteiger partial charge in [0.05, 0.1) is 23.1 Å². The first kappa shape index (κ1) is 21.0. The Hall–Kier alpha value is -2.59. The number of nitrogens with two attached hydrogens (primary N) is 1. The van der Waals surface area contributed by atoms with Gasteiger partial charge in [-0.2, -0.15) is 5.26 Å². The molecule has 0 saturated carbocycles. The van der Waals surface area contributed by atoms with E-state index in [1.54, 1.807) is 29.5 Å². The van der Waals surface area contributed by atoms with Crippen LogP contribution in [-0.4, -0.2) is 11.6 Å². The summed E-state index contributed by atoms with van der Waals surface area (Å²) in [5, 5.41) is 12.3. The maximum atomic E-state index is 13.4. The van der Waals surface area contributed by atoms with Gasteiger partial charge in [-0.05, 0) is 61.8 Å². The second-order valence-corrected chi connectivity index (χ2v) is 10.7. The van der Waals surface area contributed by atoms with Gasteiger partial charge in [-0.15, -0.1) is 11.3 Å². The number of allylic oxidation sites excluding steroid dienone is 3. The minimum absolute atomic E-state index is 0.0597. The number of aliphatic imine (C=N–C) groups is 1. The number of aryl methyl sites for hydroxylation is 1. The summed E-state index contributed by atoms with van der Waals surface area (Å²) in [5.41, 5.74) is 11.5. The van der Waals surface area contributed by atoms with Crippen molar-refractivity contribution in [3.8, 4) is 6.07 Å². The van der Waals surface area contributed by atoms with Crippen LogP contribution in [0.15, 0.2) is 45.9 Å². The highest BCUT2D eigenvalue weighted by Crippen LogP contribution is 2.53. The number of halogens is 2. The van der Waals surface area contributed by atoms with Crippen LogP contribution in [0.25, 0.3) is 0 Å². The Morgan fingerprint density at radius 2 is 1.97 bits per heavy atom. The van der Waals surface area contributed by atoms with Crippen molar-refractivity contribution in [1.29, 1.82) is 5.26 Å². The molecular formula is C25H20Cl2N4OS. The highest BCUT2D eigenvalue weighted by molar-refractivity contribution is 7.17. The van der Waals surface area contributed by atoms with Crippen LogP contribution in [0.2, 0.25) is 10.0 Å². The predicted molar refractivity (Wildman–Crippen MR) is 132 cm³/mol. The van der Waals surface area contributed by atoms with Gasteiger partial charge in [-0.3, -0.25) is 9.69 Å². The van der Waals surface area contributed by atoms with Crippen LogP contribution < -0.4 is 10.6 Å². The Balaban J connectivity index is 1.65. The molecule has 2 aromatic rings. The number of Topliss-reactive ketones (excluding diaryl/α,β-unsaturated/α-hetero) is 1. The fraction of sp³-hybridized carbons (Fsp3) is 0.320. The molecule has 0 amide bonds. The molecule has 1 atom stereocenters. The number of amidine groups is 1. The smallest absolute Gasteiger partial charge is 0.161 e. The summed E-state index contributed by atoms with van der Waals surface area (Å²) in [7, 11) is 0. The number of fused-ring (bicyclic) bond motifs is 6. The fourth-order valence-corrected chi connectivity index (χ4v) is 7.50. The summed E-state index contributed by atoms with van der Waals surface area (Å²) in [5.74, 6) is 0.451. The lowest BCUT2D eigenvalue weighted by Gasteiger charge is -2.41. The lowest BCUT2D eigenvalue weighted by Crippen LogP contribution is -2.38. The zero-order valence-electron chi connectivity index (χ0n) is 17.8. The third-order valence-electron chi connectivity index (χ3n) is 6.96. The molecule has 2 N–H and O–H groups in total. The van der Waals surface area contributed by atoms with E-state index in [0.717, 1.165) is 48.4 Å². The van der Waals surface area contributed by atoms with Gasteiger partial charge in [0.1, 0.15) is 10.8 Å². The van der Waals surface area contributed by atoms with E-state index in [4.69, 9.17) is 33.9 Å². The quantitative estimate of drug-likeness (QED) is 0.526. The molecule has 5 nitrogen and oxygen atoms in total. The van der Waals surface area contributed by atoms with Crippen LogP contribution in [0.1, 0.15) is 59.6 Å².